The maximum Gasteiger partial charge on any atom is 0.222 e. The van der Waals surface area contributed by atoms with E-state index in [0.29, 0.717) is 6.54 Å². The molecule has 2 heterocycles. The third-order valence-corrected chi connectivity index (χ3v) is 3.16. The maximum atomic E-state index is 11.6. The lowest BCUT2D eigenvalue weighted by molar-refractivity contribution is -0.124. The molecule has 0 radical (unpaired) electrons. The van der Waals surface area contributed by atoms with Crippen LogP contribution in [0.3, 0.4) is 0 Å². The number of nitrogens with one attached hydrogen (secondary N) is 1. The van der Waals surface area contributed by atoms with E-state index in [2.05, 4.69) is 15.2 Å². The molecule has 5 nitrogen and oxygen atoms in total. The van der Waals surface area contributed by atoms with Crippen LogP contribution in [0.5, 0.6) is 0 Å². The van der Waals surface area contributed by atoms with Crippen LogP contribution >= 0.6 is 0 Å². The van der Waals surface area contributed by atoms with Gasteiger partial charge >= 0.3 is 0 Å². The Morgan fingerprint density at radius 3 is 2.89 bits per heavy atom. The highest BCUT2D eigenvalue weighted by molar-refractivity contribution is 5.77. The van der Waals surface area contributed by atoms with Gasteiger partial charge in [-0.1, -0.05) is 19.9 Å². The van der Waals surface area contributed by atoms with Crippen molar-refractivity contribution in [2.24, 2.45) is 5.92 Å². The molecule has 0 saturated carbocycles. The number of nitrogens with zero attached hydrogens (tertiary/aromatic N) is 2. The molecule has 0 bridgehead atoms. The zero-order chi connectivity index (χ0) is 13.7. The molecule has 2 rings (SSSR count). The Hall–Kier alpha value is -1.62. The molecular weight excluding hydrogens is 242 g/mol. The van der Waals surface area contributed by atoms with Crippen LogP contribution < -0.4 is 10.2 Å². The van der Waals surface area contributed by atoms with E-state index in [0.717, 1.165) is 37.7 Å². The number of morpholine rings is 1. The number of hydrogen-bond acceptors (Lipinski definition) is 4. The predicted octanol–water partition coefficient (Wildman–Crippen LogP) is 1.19. The van der Waals surface area contributed by atoms with E-state index in [1.807, 2.05) is 26.0 Å². The molecule has 0 spiro atoms. The molecule has 0 atom stereocenters. The number of anilines is 1. The zero-order valence-electron chi connectivity index (χ0n) is 11.6. The number of carbonyl (C=O) groups is 1. The number of carbonyl (C=O) groups excluding carboxylic acids is 1. The number of pyridine rings is 1. The second kappa shape index (κ2) is 6.52. The number of amides is 1. The fraction of sp³-hybridized carbons (Fsp3) is 0.571. The van der Waals surface area contributed by atoms with Gasteiger partial charge in [0.2, 0.25) is 5.91 Å². The van der Waals surface area contributed by atoms with Crippen molar-refractivity contribution in [3.05, 3.63) is 23.9 Å². The summed E-state index contributed by atoms with van der Waals surface area (Å²) >= 11 is 0. The van der Waals surface area contributed by atoms with E-state index in [1.165, 1.54) is 0 Å². The molecule has 0 aliphatic carbocycles. The van der Waals surface area contributed by atoms with Gasteiger partial charge in [0.15, 0.2) is 0 Å². The van der Waals surface area contributed by atoms with Gasteiger partial charge < -0.3 is 15.0 Å². The van der Waals surface area contributed by atoms with Gasteiger partial charge in [-0.2, -0.15) is 0 Å². The minimum atomic E-state index is 0.00325. The van der Waals surface area contributed by atoms with Crippen molar-refractivity contribution in [2.75, 3.05) is 31.2 Å². The maximum absolute atomic E-state index is 11.6. The summed E-state index contributed by atoms with van der Waals surface area (Å²) in [5.74, 6) is 1.02. The monoisotopic (exact) mass is 263 g/mol. The molecule has 1 aromatic heterocycles. The number of aromatic nitrogens is 1. The van der Waals surface area contributed by atoms with Crippen LogP contribution in [-0.2, 0) is 16.1 Å². The molecule has 1 saturated heterocycles. The Kier molecular flexibility index (Phi) is 4.74. The smallest absolute Gasteiger partial charge is 0.222 e. The molecule has 1 amide bonds. The quantitative estimate of drug-likeness (QED) is 0.886. The number of hydrogen-bond donors (Lipinski definition) is 1. The third-order valence-electron chi connectivity index (χ3n) is 3.16. The van der Waals surface area contributed by atoms with Crippen LogP contribution in [0.1, 0.15) is 19.4 Å². The Labute approximate surface area is 114 Å². The summed E-state index contributed by atoms with van der Waals surface area (Å²) in [5.41, 5.74) is 1.05. The van der Waals surface area contributed by atoms with Gasteiger partial charge in [0.05, 0.1) is 13.2 Å². The topological polar surface area (TPSA) is 54.5 Å². The van der Waals surface area contributed by atoms with E-state index in [-0.39, 0.29) is 11.8 Å². The van der Waals surface area contributed by atoms with E-state index in [9.17, 15) is 4.79 Å². The van der Waals surface area contributed by atoms with Crippen molar-refractivity contribution in [2.45, 2.75) is 20.4 Å². The van der Waals surface area contributed by atoms with E-state index < -0.39 is 0 Å². The van der Waals surface area contributed by atoms with Crippen molar-refractivity contribution < 1.29 is 9.53 Å². The number of ether oxygens (including phenoxy) is 1. The largest absolute Gasteiger partial charge is 0.378 e. The van der Waals surface area contributed by atoms with Gasteiger partial charge in [0, 0.05) is 37.3 Å². The molecule has 5 heteroatoms. The average Bonchev–Trinajstić information content (AvgIpc) is 2.46. The first kappa shape index (κ1) is 13.8. The Balaban J connectivity index is 2.05. The normalized spacial score (nSPS) is 15.6. The minimum absolute atomic E-state index is 0.00325. The van der Waals surface area contributed by atoms with Gasteiger partial charge in [-0.15, -0.1) is 0 Å². The van der Waals surface area contributed by atoms with Gasteiger partial charge in [0.25, 0.3) is 0 Å². The molecule has 0 unspecified atom stereocenters. The molecule has 1 aliphatic heterocycles. The summed E-state index contributed by atoms with van der Waals surface area (Å²) in [6.07, 6.45) is 1.79. The van der Waals surface area contributed by atoms with Crippen LogP contribution in [0.4, 0.5) is 5.82 Å². The molecule has 0 aromatic carbocycles. The van der Waals surface area contributed by atoms with E-state index >= 15 is 0 Å². The lowest BCUT2D eigenvalue weighted by atomic mass is 10.2. The fourth-order valence-corrected chi connectivity index (χ4v) is 2.01. The predicted molar refractivity (Wildman–Crippen MR) is 74.0 cm³/mol. The Bertz CT molecular complexity index is 428. The van der Waals surface area contributed by atoms with Crippen LogP contribution in [0, 0.1) is 5.92 Å². The highest BCUT2D eigenvalue weighted by Gasteiger charge is 2.16. The Morgan fingerprint density at radius 1 is 1.47 bits per heavy atom. The molecule has 1 N–H and O–H groups in total. The Morgan fingerprint density at radius 2 is 2.21 bits per heavy atom. The number of rotatable bonds is 4. The van der Waals surface area contributed by atoms with Crippen molar-refractivity contribution in [3.8, 4) is 0 Å². The summed E-state index contributed by atoms with van der Waals surface area (Å²) in [4.78, 5) is 18.3. The summed E-state index contributed by atoms with van der Waals surface area (Å²) in [6, 6.07) is 3.92. The average molecular weight is 263 g/mol. The molecule has 1 aromatic rings. The van der Waals surface area contributed by atoms with Crippen LogP contribution in [0.15, 0.2) is 18.3 Å². The fourth-order valence-electron chi connectivity index (χ4n) is 2.01. The van der Waals surface area contributed by atoms with Crippen LogP contribution in [-0.4, -0.2) is 37.2 Å². The summed E-state index contributed by atoms with van der Waals surface area (Å²) in [7, 11) is 0. The summed E-state index contributed by atoms with van der Waals surface area (Å²) in [6.45, 7) is 7.47. The first-order chi connectivity index (χ1) is 9.18. The highest BCUT2D eigenvalue weighted by Crippen LogP contribution is 2.18. The molecular formula is C14H21N3O2. The first-order valence-corrected chi connectivity index (χ1v) is 6.73. The van der Waals surface area contributed by atoms with Crippen LogP contribution in [0.25, 0.3) is 0 Å². The molecule has 1 aliphatic rings. The lowest BCUT2D eigenvalue weighted by Gasteiger charge is -2.29. The zero-order valence-corrected chi connectivity index (χ0v) is 11.6. The van der Waals surface area contributed by atoms with Gasteiger partial charge in [-0.25, -0.2) is 4.98 Å². The standard InChI is InChI=1S/C14H21N3O2/c1-11(2)14(18)16-10-12-4-3-5-15-13(12)17-6-8-19-9-7-17/h3-5,11H,6-10H2,1-2H3,(H,16,18). The van der Waals surface area contributed by atoms with Crippen molar-refractivity contribution in [1.29, 1.82) is 0 Å². The molecule has 1 fully saturated rings. The van der Waals surface area contributed by atoms with Gasteiger partial charge in [-0.05, 0) is 6.07 Å². The SMILES string of the molecule is CC(C)C(=O)NCc1cccnc1N1CCOCC1. The van der Waals surface area contributed by atoms with Crippen molar-refractivity contribution >= 4 is 11.7 Å². The van der Waals surface area contributed by atoms with Crippen LogP contribution in [0.2, 0.25) is 0 Å². The van der Waals surface area contributed by atoms with Gasteiger partial charge in [0.1, 0.15) is 5.82 Å². The van der Waals surface area contributed by atoms with Crippen molar-refractivity contribution in [3.63, 3.8) is 0 Å². The first-order valence-electron chi connectivity index (χ1n) is 6.73. The minimum Gasteiger partial charge on any atom is -0.378 e. The molecule has 19 heavy (non-hydrogen) atoms. The third kappa shape index (κ3) is 3.67. The molecule has 104 valence electrons. The lowest BCUT2D eigenvalue weighted by Crippen LogP contribution is -2.38. The second-order valence-corrected chi connectivity index (χ2v) is 4.96. The van der Waals surface area contributed by atoms with E-state index in [4.69, 9.17) is 4.74 Å². The summed E-state index contributed by atoms with van der Waals surface area (Å²) < 4.78 is 5.35. The second-order valence-electron chi connectivity index (χ2n) is 4.96. The highest BCUT2D eigenvalue weighted by atomic mass is 16.5. The summed E-state index contributed by atoms with van der Waals surface area (Å²) in [5, 5.41) is 2.94. The van der Waals surface area contributed by atoms with Crippen molar-refractivity contribution in [1.82, 2.24) is 10.3 Å². The van der Waals surface area contributed by atoms with E-state index in [1.54, 1.807) is 6.20 Å². The van der Waals surface area contributed by atoms with Gasteiger partial charge in [-0.3, -0.25) is 4.79 Å².